The summed E-state index contributed by atoms with van der Waals surface area (Å²) in [6, 6.07) is 1.67. The summed E-state index contributed by atoms with van der Waals surface area (Å²) in [5.41, 5.74) is 0.797. The Morgan fingerprint density at radius 3 is 3.07 bits per heavy atom. The second kappa shape index (κ2) is 5.29. The minimum absolute atomic E-state index is 0.0867. The highest BCUT2D eigenvalue weighted by atomic mass is 16.6. The van der Waals surface area contributed by atoms with E-state index in [2.05, 4.69) is 4.98 Å². The van der Waals surface area contributed by atoms with Crippen LogP contribution in [0.4, 0.5) is 5.69 Å². The van der Waals surface area contributed by atoms with Gasteiger partial charge >= 0.3 is 0 Å². The van der Waals surface area contributed by atoms with Crippen LogP contribution in [0.25, 0.3) is 0 Å². The number of hydrogen-bond acceptors (Lipinski definition) is 4. The highest BCUT2D eigenvalue weighted by Crippen LogP contribution is 2.17. The van der Waals surface area contributed by atoms with Gasteiger partial charge in [0.15, 0.2) is 0 Å². The molecule has 0 amide bonds. The van der Waals surface area contributed by atoms with Gasteiger partial charge in [0, 0.05) is 25.5 Å². The Morgan fingerprint density at radius 1 is 1.64 bits per heavy atom. The molecule has 0 atom stereocenters. The number of aryl methyl sites for hydroxylation is 1. The summed E-state index contributed by atoms with van der Waals surface area (Å²) in [6.07, 6.45) is 4.27. The zero-order valence-electron chi connectivity index (χ0n) is 7.97. The van der Waals surface area contributed by atoms with Gasteiger partial charge in [0.2, 0.25) is 0 Å². The van der Waals surface area contributed by atoms with Gasteiger partial charge in [-0.05, 0) is 18.9 Å². The Balaban J connectivity index is 2.69. The van der Waals surface area contributed by atoms with Gasteiger partial charge in [-0.3, -0.25) is 15.1 Å². The van der Waals surface area contributed by atoms with E-state index in [4.69, 9.17) is 4.74 Å². The minimum Gasteiger partial charge on any atom is -0.385 e. The second-order valence-corrected chi connectivity index (χ2v) is 2.86. The molecule has 1 rings (SSSR count). The summed E-state index contributed by atoms with van der Waals surface area (Å²) in [5.74, 6) is 0. The summed E-state index contributed by atoms with van der Waals surface area (Å²) in [7, 11) is 1.61. The van der Waals surface area contributed by atoms with Crippen molar-refractivity contribution in [2.24, 2.45) is 0 Å². The lowest BCUT2D eigenvalue weighted by atomic mass is 10.1. The molecule has 5 nitrogen and oxygen atoms in total. The first kappa shape index (κ1) is 10.6. The van der Waals surface area contributed by atoms with Crippen molar-refractivity contribution in [3.8, 4) is 0 Å². The van der Waals surface area contributed by atoms with Crippen molar-refractivity contribution in [2.45, 2.75) is 12.8 Å². The van der Waals surface area contributed by atoms with E-state index in [1.54, 1.807) is 19.4 Å². The largest absolute Gasteiger partial charge is 0.385 e. The molecule has 1 aromatic heterocycles. The number of methoxy groups -OCH3 is 1. The summed E-state index contributed by atoms with van der Waals surface area (Å²) in [4.78, 5) is 13.9. The number of aromatic nitrogens is 1. The third kappa shape index (κ3) is 2.77. The maximum Gasteiger partial charge on any atom is 0.290 e. The Morgan fingerprint density at radius 2 is 2.43 bits per heavy atom. The van der Waals surface area contributed by atoms with E-state index < -0.39 is 4.92 Å². The predicted octanol–water partition coefficient (Wildman–Crippen LogP) is 1.57. The zero-order valence-corrected chi connectivity index (χ0v) is 7.97. The lowest BCUT2D eigenvalue weighted by molar-refractivity contribution is -0.385. The predicted molar refractivity (Wildman–Crippen MR) is 51.1 cm³/mol. The summed E-state index contributed by atoms with van der Waals surface area (Å²) in [5, 5.41) is 10.6. The van der Waals surface area contributed by atoms with E-state index in [0.29, 0.717) is 18.6 Å². The average Bonchev–Trinajstić information content (AvgIpc) is 2.19. The lowest BCUT2D eigenvalue weighted by Crippen LogP contribution is -1.98. The molecule has 1 aromatic rings. The van der Waals surface area contributed by atoms with Crippen molar-refractivity contribution in [1.82, 2.24) is 4.98 Å². The molecule has 14 heavy (non-hydrogen) atoms. The minimum atomic E-state index is -0.408. The van der Waals surface area contributed by atoms with Crippen molar-refractivity contribution in [1.29, 1.82) is 0 Å². The molecule has 0 bridgehead atoms. The van der Waals surface area contributed by atoms with E-state index in [1.807, 2.05) is 0 Å². The SMILES string of the molecule is COCCCc1ccncc1[N+](=O)[O-]. The first-order valence-corrected chi connectivity index (χ1v) is 4.32. The summed E-state index contributed by atoms with van der Waals surface area (Å²) in [6.45, 7) is 0.611. The Kier molecular flexibility index (Phi) is 4.00. The molecule has 0 aliphatic carbocycles. The van der Waals surface area contributed by atoms with Crippen LogP contribution in [-0.2, 0) is 11.2 Å². The van der Waals surface area contributed by atoms with Crippen LogP contribution in [-0.4, -0.2) is 23.6 Å². The summed E-state index contributed by atoms with van der Waals surface area (Å²) < 4.78 is 4.88. The smallest absolute Gasteiger partial charge is 0.290 e. The van der Waals surface area contributed by atoms with Crippen LogP contribution in [0.1, 0.15) is 12.0 Å². The van der Waals surface area contributed by atoms with E-state index in [-0.39, 0.29) is 5.69 Å². The molecule has 0 saturated carbocycles. The monoisotopic (exact) mass is 196 g/mol. The van der Waals surface area contributed by atoms with E-state index in [1.165, 1.54) is 6.20 Å². The molecule has 0 radical (unpaired) electrons. The second-order valence-electron chi connectivity index (χ2n) is 2.86. The zero-order chi connectivity index (χ0) is 10.4. The molecule has 0 fully saturated rings. The third-order valence-electron chi connectivity index (χ3n) is 1.88. The van der Waals surface area contributed by atoms with Crippen LogP contribution in [0, 0.1) is 10.1 Å². The number of nitro groups is 1. The third-order valence-corrected chi connectivity index (χ3v) is 1.88. The number of hydrogen-bond donors (Lipinski definition) is 0. The molecule has 0 unspecified atom stereocenters. The lowest BCUT2D eigenvalue weighted by Gasteiger charge is -2.01. The molecular formula is C9H12N2O3. The number of rotatable bonds is 5. The fraction of sp³-hybridized carbons (Fsp3) is 0.444. The van der Waals surface area contributed by atoms with Crippen molar-refractivity contribution < 1.29 is 9.66 Å². The van der Waals surface area contributed by atoms with Crippen LogP contribution >= 0.6 is 0 Å². The molecule has 0 aliphatic rings. The Bertz CT molecular complexity index is 315. The number of nitrogens with zero attached hydrogens (tertiary/aromatic N) is 2. The van der Waals surface area contributed by atoms with Gasteiger partial charge in [-0.25, -0.2) is 0 Å². The van der Waals surface area contributed by atoms with Crippen molar-refractivity contribution in [3.05, 3.63) is 34.1 Å². The van der Waals surface area contributed by atoms with Crippen LogP contribution in [0.2, 0.25) is 0 Å². The molecule has 0 saturated heterocycles. The molecule has 5 heteroatoms. The van der Waals surface area contributed by atoms with Crippen molar-refractivity contribution >= 4 is 5.69 Å². The van der Waals surface area contributed by atoms with Crippen LogP contribution in [0.15, 0.2) is 18.5 Å². The number of pyridine rings is 1. The highest BCUT2D eigenvalue weighted by Gasteiger charge is 2.11. The highest BCUT2D eigenvalue weighted by molar-refractivity contribution is 5.36. The molecule has 0 spiro atoms. The van der Waals surface area contributed by atoms with Crippen LogP contribution in [0.3, 0.4) is 0 Å². The topological polar surface area (TPSA) is 65.3 Å². The molecular weight excluding hydrogens is 184 g/mol. The molecule has 0 aromatic carbocycles. The standard InChI is InChI=1S/C9H12N2O3/c1-14-6-2-3-8-4-5-10-7-9(8)11(12)13/h4-5,7H,2-3,6H2,1H3. The average molecular weight is 196 g/mol. The van der Waals surface area contributed by atoms with Gasteiger partial charge in [-0.1, -0.05) is 0 Å². The van der Waals surface area contributed by atoms with Crippen molar-refractivity contribution in [3.63, 3.8) is 0 Å². The van der Waals surface area contributed by atoms with E-state index >= 15 is 0 Å². The first-order chi connectivity index (χ1) is 6.75. The van der Waals surface area contributed by atoms with Gasteiger partial charge in [0.1, 0.15) is 6.20 Å². The maximum atomic E-state index is 10.6. The number of ether oxygens (including phenoxy) is 1. The quantitative estimate of drug-likeness (QED) is 0.407. The van der Waals surface area contributed by atoms with E-state index in [0.717, 1.165) is 6.42 Å². The first-order valence-electron chi connectivity index (χ1n) is 4.32. The molecule has 1 heterocycles. The Hall–Kier alpha value is -1.49. The van der Waals surface area contributed by atoms with Crippen LogP contribution < -0.4 is 0 Å². The maximum absolute atomic E-state index is 10.6. The summed E-state index contributed by atoms with van der Waals surface area (Å²) >= 11 is 0. The Labute approximate surface area is 81.9 Å². The fourth-order valence-electron chi connectivity index (χ4n) is 1.20. The van der Waals surface area contributed by atoms with Gasteiger partial charge in [-0.15, -0.1) is 0 Å². The molecule has 0 aliphatic heterocycles. The molecule has 76 valence electrons. The van der Waals surface area contributed by atoms with Gasteiger partial charge in [0.05, 0.1) is 4.92 Å². The fourth-order valence-corrected chi connectivity index (χ4v) is 1.20. The van der Waals surface area contributed by atoms with Crippen molar-refractivity contribution in [2.75, 3.05) is 13.7 Å². The van der Waals surface area contributed by atoms with Gasteiger partial charge in [-0.2, -0.15) is 0 Å². The van der Waals surface area contributed by atoms with Gasteiger partial charge in [0.25, 0.3) is 5.69 Å². The van der Waals surface area contributed by atoms with Gasteiger partial charge < -0.3 is 4.74 Å². The van der Waals surface area contributed by atoms with Crippen LogP contribution in [0.5, 0.6) is 0 Å². The van der Waals surface area contributed by atoms with E-state index in [9.17, 15) is 10.1 Å². The normalized spacial score (nSPS) is 10.1. The molecule has 0 N–H and O–H groups in total.